The molecule has 4 rings (SSSR count). The van der Waals surface area contributed by atoms with Crippen molar-refractivity contribution < 1.29 is 4.39 Å². The van der Waals surface area contributed by atoms with E-state index in [2.05, 4.69) is 46.3 Å². The molecule has 3 heteroatoms. The average Bonchev–Trinajstić information content (AvgIpc) is 2.79. The molecule has 1 saturated heterocycles. The van der Waals surface area contributed by atoms with E-state index in [1.54, 1.807) is 6.07 Å². The number of aromatic nitrogens is 1. The van der Waals surface area contributed by atoms with E-state index in [0.29, 0.717) is 12.1 Å². The van der Waals surface area contributed by atoms with E-state index in [9.17, 15) is 4.39 Å². The molecule has 1 aromatic carbocycles. The molecule has 2 nitrogen and oxygen atoms in total. The second-order valence-corrected chi connectivity index (χ2v) is 6.21. The minimum absolute atomic E-state index is 0.270. The molecule has 0 spiro atoms. The summed E-state index contributed by atoms with van der Waals surface area (Å²) in [5, 5.41) is 0. The number of hydrogen-bond acceptors (Lipinski definition) is 2. The Morgan fingerprint density at radius 3 is 2.68 bits per heavy atom. The van der Waals surface area contributed by atoms with E-state index in [4.69, 9.17) is 0 Å². The Labute approximate surface area is 130 Å². The second kappa shape index (κ2) is 5.65. The van der Waals surface area contributed by atoms with E-state index in [0.717, 1.165) is 18.7 Å². The normalized spacial score (nSPS) is 24.3. The first kappa shape index (κ1) is 13.6. The van der Waals surface area contributed by atoms with Crippen LogP contribution in [0.4, 0.5) is 4.39 Å². The van der Waals surface area contributed by atoms with E-state index < -0.39 is 0 Å². The van der Waals surface area contributed by atoms with Crippen LogP contribution in [0.1, 0.15) is 30.5 Å². The summed E-state index contributed by atoms with van der Waals surface area (Å²) >= 11 is 0. The van der Waals surface area contributed by atoms with Gasteiger partial charge in [-0.15, -0.1) is 0 Å². The maximum atomic E-state index is 13.0. The van der Waals surface area contributed by atoms with Crippen LogP contribution in [-0.4, -0.2) is 22.0 Å². The molecule has 0 saturated carbocycles. The van der Waals surface area contributed by atoms with Gasteiger partial charge < -0.3 is 0 Å². The number of fused-ring (bicyclic) bond motifs is 2. The minimum Gasteiger partial charge on any atom is -0.289 e. The van der Waals surface area contributed by atoms with Gasteiger partial charge in [0.25, 0.3) is 0 Å². The van der Waals surface area contributed by atoms with Crippen LogP contribution in [0.15, 0.2) is 54.7 Å². The van der Waals surface area contributed by atoms with Crippen LogP contribution >= 0.6 is 0 Å². The van der Waals surface area contributed by atoms with Crippen LogP contribution in [0.25, 0.3) is 5.57 Å². The number of benzene rings is 1. The molecule has 1 aromatic heterocycles. The summed E-state index contributed by atoms with van der Waals surface area (Å²) < 4.78 is 13.0. The summed E-state index contributed by atoms with van der Waals surface area (Å²) in [5.41, 5.74) is 3.57. The molecule has 22 heavy (non-hydrogen) atoms. The molecule has 2 bridgehead atoms. The molecule has 0 aliphatic carbocycles. The first-order valence-corrected chi connectivity index (χ1v) is 7.92. The first-order valence-electron chi connectivity index (χ1n) is 7.92. The molecule has 3 heterocycles. The highest BCUT2D eigenvalue weighted by Crippen LogP contribution is 2.38. The Balaban J connectivity index is 1.56. The van der Waals surface area contributed by atoms with Crippen molar-refractivity contribution in [1.29, 1.82) is 0 Å². The summed E-state index contributed by atoms with van der Waals surface area (Å²) in [6, 6.07) is 15.0. The highest BCUT2D eigenvalue weighted by molar-refractivity contribution is 5.65. The Morgan fingerprint density at radius 1 is 1.09 bits per heavy atom. The maximum absolute atomic E-state index is 13.0. The van der Waals surface area contributed by atoms with Crippen LogP contribution in [0.5, 0.6) is 0 Å². The molecule has 2 unspecified atom stereocenters. The van der Waals surface area contributed by atoms with Crippen molar-refractivity contribution in [2.75, 3.05) is 0 Å². The van der Waals surface area contributed by atoms with Gasteiger partial charge >= 0.3 is 0 Å². The van der Waals surface area contributed by atoms with Crippen LogP contribution in [-0.2, 0) is 6.54 Å². The summed E-state index contributed by atoms with van der Waals surface area (Å²) in [6.45, 7) is 1.01. The van der Waals surface area contributed by atoms with Gasteiger partial charge in [-0.3, -0.25) is 9.88 Å². The van der Waals surface area contributed by atoms with Crippen molar-refractivity contribution in [2.24, 2.45) is 0 Å². The molecule has 1 fully saturated rings. The van der Waals surface area contributed by atoms with Crippen molar-refractivity contribution in [3.63, 3.8) is 0 Å². The molecule has 0 radical (unpaired) electrons. The summed E-state index contributed by atoms with van der Waals surface area (Å²) in [5.74, 6) is -0.270. The molecule has 2 aromatic rings. The van der Waals surface area contributed by atoms with Gasteiger partial charge in [-0.2, -0.15) is 0 Å². The monoisotopic (exact) mass is 294 g/mol. The third-order valence-corrected chi connectivity index (χ3v) is 4.80. The summed E-state index contributed by atoms with van der Waals surface area (Å²) in [4.78, 5) is 6.85. The number of nitrogens with zero attached hydrogens (tertiary/aromatic N) is 2. The largest absolute Gasteiger partial charge is 0.289 e. The maximum Gasteiger partial charge on any atom is 0.141 e. The van der Waals surface area contributed by atoms with Gasteiger partial charge in [-0.1, -0.05) is 36.4 Å². The smallest absolute Gasteiger partial charge is 0.141 e. The van der Waals surface area contributed by atoms with Gasteiger partial charge in [-0.25, -0.2) is 4.39 Å². The minimum atomic E-state index is -0.270. The van der Waals surface area contributed by atoms with E-state index in [1.165, 1.54) is 36.2 Å². The lowest BCUT2D eigenvalue weighted by atomic mass is 9.97. The summed E-state index contributed by atoms with van der Waals surface area (Å²) in [7, 11) is 0. The lowest BCUT2D eigenvalue weighted by molar-refractivity contribution is 0.203. The first-order chi connectivity index (χ1) is 10.8. The zero-order chi connectivity index (χ0) is 14.9. The molecular weight excluding hydrogens is 275 g/mol. The molecule has 112 valence electrons. The Kier molecular flexibility index (Phi) is 3.51. The van der Waals surface area contributed by atoms with Crippen molar-refractivity contribution in [2.45, 2.75) is 37.9 Å². The van der Waals surface area contributed by atoms with Crippen LogP contribution in [0, 0.1) is 5.82 Å². The van der Waals surface area contributed by atoms with Crippen molar-refractivity contribution in [1.82, 2.24) is 9.88 Å². The van der Waals surface area contributed by atoms with Crippen molar-refractivity contribution >= 4 is 5.57 Å². The Morgan fingerprint density at radius 2 is 1.95 bits per heavy atom. The fourth-order valence-electron chi connectivity index (χ4n) is 3.71. The van der Waals surface area contributed by atoms with Gasteiger partial charge in [0.05, 0.1) is 11.9 Å². The predicted molar refractivity (Wildman–Crippen MR) is 85.6 cm³/mol. The quantitative estimate of drug-likeness (QED) is 0.849. The van der Waals surface area contributed by atoms with Crippen LogP contribution in [0.2, 0.25) is 0 Å². The number of rotatable bonds is 3. The van der Waals surface area contributed by atoms with Gasteiger partial charge in [0, 0.05) is 18.6 Å². The molecule has 0 amide bonds. The Hall–Kier alpha value is -2.00. The highest BCUT2D eigenvalue weighted by atomic mass is 19.1. The second-order valence-electron chi connectivity index (χ2n) is 6.21. The van der Waals surface area contributed by atoms with Crippen LogP contribution in [0.3, 0.4) is 0 Å². The Bertz CT molecular complexity index is 678. The zero-order valence-corrected chi connectivity index (χ0v) is 12.5. The molecular formula is C19H19FN2. The standard InChI is InChI=1S/C19H19FN2/c20-16-6-9-19(21-12-16)15-10-17-7-8-18(11-15)22(17)13-14-4-2-1-3-5-14/h1-6,9-10,12,17-18H,7-8,11,13H2. The van der Waals surface area contributed by atoms with E-state index in [-0.39, 0.29) is 5.82 Å². The highest BCUT2D eigenvalue weighted by Gasteiger charge is 2.36. The topological polar surface area (TPSA) is 16.1 Å². The zero-order valence-electron chi connectivity index (χ0n) is 12.5. The van der Waals surface area contributed by atoms with E-state index >= 15 is 0 Å². The molecule has 2 atom stereocenters. The third-order valence-electron chi connectivity index (χ3n) is 4.80. The fraction of sp³-hybridized carbons (Fsp3) is 0.316. The predicted octanol–water partition coefficient (Wildman–Crippen LogP) is 4.04. The molecule has 2 aliphatic rings. The van der Waals surface area contributed by atoms with E-state index in [1.807, 2.05) is 0 Å². The van der Waals surface area contributed by atoms with Gasteiger partial charge in [0.2, 0.25) is 0 Å². The van der Waals surface area contributed by atoms with Crippen molar-refractivity contribution in [3.8, 4) is 0 Å². The lowest BCUT2D eigenvalue weighted by Gasteiger charge is -2.34. The lowest BCUT2D eigenvalue weighted by Crippen LogP contribution is -2.37. The number of pyridine rings is 1. The van der Waals surface area contributed by atoms with Crippen LogP contribution < -0.4 is 0 Å². The van der Waals surface area contributed by atoms with Crippen molar-refractivity contribution in [3.05, 3.63) is 71.8 Å². The van der Waals surface area contributed by atoms with Gasteiger partial charge in [0.15, 0.2) is 0 Å². The number of halogens is 1. The number of hydrogen-bond donors (Lipinski definition) is 0. The fourth-order valence-corrected chi connectivity index (χ4v) is 3.71. The SMILES string of the molecule is Fc1ccc(C2=CC3CCC(C2)N3Cc2ccccc2)nc1. The summed E-state index contributed by atoms with van der Waals surface area (Å²) in [6.07, 6.45) is 7.12. The third kappa shape index (κ3) is 2.57. The molecule has 0 N–H and O–H groups in total. The average molecular weight is 294 g/mol. The van der Waals surface area contributed by atoms with Gasteiger partial charge in [-0.05, 0) is 42.5 Å². The molecule has 2 aliphatic heterocycles. The van der Waals surface area contributed by atoms with Gasteiger partial charge in [0.1, 0.15) is 5.82 Å².